The van der Waals surface area contributed by atoms with Crippen LogP contribution in [0.3, 0.4) is 0 Å². The first kappa shape index (κ1) is 14.1. The minimum atomic E-state index is -2.51. The van der Waals surface area contributed by atoms with E-state index in [0.29, 0.717) is 5.69 Å². The largest absolute Gasteiger partial charge is 0.336 e. The Kier molecular flexibility index (Phi) is 4.08. The van der Waals surface area contributed by atoms with Crippen LogP contribution in [-0.2, 0) is 6.54 Å². The summed E-state index contributed by atoms with van der Waals surface area (Å²) in [7, 11) is 0. The van der Waals surface area contributed by atoms with Crippen molar-refractivity contribution >= 4 is 28.8 Å². The van der Waals surface area contributed by atoms with Crippen LogP contribution in [0, 0.1) is 10.1 Å². The molecule has 10 heteroatoms. The molecule has 0 saturated heterocycles. The Labute approximate surface area is 116 Å². The van der Waals surface area contributed by atoms with Gasteiger partial charge in [0.05, 0.1) is 21.8 Å². The average molecular weight is 304 g/mol. The Hall–Kier alpha value is -2.29. The lowest BCUT2D eigenvalue weighted by Gasteiger charge is -2.04. The molecule has 0 atom stereocenters. The van der Waals surface area contributed by atoms with E-state index in [-0.39, 0.29) is 16.5 Å². The summed E-state index contributed by atoms with van der Waals surface area (Å²) >= 11 is 5.84. The molecule has 0 unspecified atom stereocenters. The first-order valence-electron chi connectivity index (χ1n) is 5.33. The summed E-state index contributed by atoms with van der Waals surface area (Å²) in [6.07, 6.45) is 1.20. The fourth-order valence-corrected chi connectivity index (χ4v) is 1.63. The molecule has 0 saturated carbocycles. The summed E-state index contributed by atoms with van der Waals surface area (Å²) in [5.74, 6) is 0.175. The lowest BCUT2D eigenvalue weighted by Crippen LogP contribution is -2.06. The topological polar surface area (TPSA) is 85.9 Å². The van der Waals surface area contributed by atoms with E-state index in [1.807, 2.05) is 0 Å². The zero-order valence-electron chi connectivity index (χ0n) is 9.83. The first-order chi connectivity index (χ1) is 9.45. The summed E-state index contributed by atoms with van der Waals surface area (Å²) in [5, 5.41) is 17.0. The van der Waals surface area contributed by atoms with Gasteiger partial charge < -0.3 is 5.32 Å². The Bertz CT molecular complexity index is 634. The van der Waals surface area contributed by atoms with E-state index in [9.17, 15) is 18.9 Å². The highest BCUT2D eigenvalue weighted by Gasteiger charge is 2.12. The molecule has 0 spiro atoms. The van der Waals surface area contributed by atoms with Gasteiger partial charge >= 0.3 is 0 Å². The summed E-state index contributed by atoms with van der Waals surface area (Å²) in [4.78, 5) is 13.7. The molecule has 0 amide bonds. The van der Waals surface area contributed by atoms with Crippen molar-refractivity contribution in [3.8, 4) is 0 Å². The number of hydrogen-bond donors (Lipinski definition) is 1. The number of halogens is 3. The van der Waals surface area contributed by atoms with Gasteiger partial charge in [-0.15, -0.1) is 0 Å². The van der Waals surface area contributed by atoms with Crippen LogP contribution in [0.15, 0.2) is 24.7 Å². The molecule has 2 aromatic heterocycles. The van der Waals surface area contributed by atoms with Crippen LogP contribution in [0.4, 0.5) is 26.0 Å². The fraction of sp³-hybridized carbons (Fsp3) is 0.200. The second-order valence-corrected chi connectivity index (χ2v) is 4.16. The van der Waals surface area contributed by atoms with E-state index in [4.69, 9.17) is 11.6 Å². The van der Waals surface area contributed by atoms with Gasteiger partial charge in [0, 0.05) is 12.3 Å². The smallest absolute Gasteiger partial charge is 0.289 e. The van der Waals surface area contributed by atoms with Gasteiger partial charge in [0.1, 0.15) is 18.6 Å². The third-order valence-corrected chi connectivity index (χ3v) is 2.55. The van der Waals surface area contributed by atoms with Crippen molar-refractivity contribution in [1.29, 1.82) is 0 Å². The number of nitro groups is 1. The maximum atomic E-state index is 12.2. The van der Waals surface area contributed by atoms with E-state index in [1.54, 1.807) is 0 Å². The molecule has 2 heterocycles. The SMILES string of the molecule is O=[N+]([O-])c1cnc(Nc2cnn(CC(F)F)c2)c(Cl)c1. The predicted octanol–water partition coefficient (Wildman–Crippen LogP) is 2.85. The molecule has 106 valence electrons. The van der Waals surface area contributed by atoms with Gasteiger partial charge in [-0.1, -0.05) is 11.6 Å². The van der Waals surface area contributed by atoms with E-state index in [2.05, 4.69) is 15.4 Å². The maximum Gasteiger partial charge on any atom is 0.289 e. The van der Waals surface area contributed by atoms with Crippen LogP contribution in [0.1, 0.15) is 0 Å². The lowest BCUT2D eigenvalue weighted by atomic mass is 10.4. The van der Waals surface area contributed by atoms with Crippen molar-refractivity contribution in [1.82, 2.24) is 14.8 Å². The molecule has 0 bridgehead atoms. The molecule has 20 heavy (non-hydrogen) atoms. The molecule has 0 aliphatic carbocycles. The number of anilines is 2. The molecule has 2 rings (SSSR count). The third kappa shape index (κ3) is 3.38. The zero-order valence-corrected chi connectivity index (χ0v) is 10.6. The predicted molar refractivity (Wildman–Crippen MR) is 67.4 cm³/mol. The number of rotatable bonds is 5. The van der Waals surface area contributed by atoms with Crippen molar-refractivity contribution in [2.75, 3.05) is 5.32 Å². The van der Waals surface area contributed by atoms with E-state index in [1.165, 1.54) is 12.4 Å². The third-order valence-electron chi connectivity index (χ3n) is 2.26. The van der Waals surface area contributed by atoms with Crippen LogP contribution >= 0.6 is 11.6 Å². The summed E-state index contributed by atoms with van der Waals surface area (Å²) in [5.41, 5.74) is 0.155. The maximum absolute atomic E-state index is 12.2. The highest BCUT2D eigenvalue weighted by molar-refractivity contribution is 6.33. The summed E-state index contributed by atoms with van der Waals surface area (Å²) in [6.45, 7) is -0.525. The quantitative estimate of drug-likeness (QED) is 0.678. The zero-order chi connectivity index (χ0) is 14.7. The van der Waals surface area contributed by atoms with Gasteiger partial charge in [-0.3, -0.25) is 14.8 Å². The minimum absolute atomic E-state index is 0.0424. The molecule has 2 aromatic rings. The number of nitrogens with one attached hydrogen (secondary N) is 1. The molecule has 0 aliphatic heterocycles. The Balaban J connectivity index is 2.13. The second kappa shape index (κ2) is 5.78. The van der Waals surface area contributed by atoms with Crippen LogP contribution < -0.4 is 5.32 Å². The number of aromatic nitrogens is 3. The number of pyridine rings is 1. The van der Waals surface area contributed by atoms with Gasteiger partial charge in [-0.25, -0.2) is 13.8 Å². The Morgan fingerprint density at radius 2 is 2.25 bits per heavy atom. The summed E-state index contributed by atoms with van der Waals surface area (Å²) in [6, 6.07) is 1.14. The molecule has 1 N–H and O–H groups in total. The van der Waals surface area contributed by atoms with Crippen molar-refractivity contribution in [2.45, 2.75) is 13.0 Å². The number of hydrogen-bond acceptors (Lipinski definition) is 5. The van der Waals surface area contributed by atoms with Crippen LogP contribution in [0.25, 0.3) is 0 Å². The van der Waals surface area contributed by atoms with E-state index in [0.717, 1.165) is 16.9 Å². The Morgan fingerprint density at radius 1 is 1.50 bits per heavy atom. The molecule has 0 fully saturated rings. The average Bonchev–Trinajstić information content (AvgIpc) is 2.78. The standard InChI is InChI=1S/C10H8ClF2N5O2/c11-8-1-7(18(19)20)3-14-10(8)16-6-2-15-17(4-6)5-9(12)13/h1-4,9H,5H2,(H,14,16). The van der Waals surface area contributed by atoms with Crippen LogP contribution in [0.5, 0.6) is 0 Å². The minimum Gasteiger partial charge on any atom is -0.336 e. The van der Waals surface area contributed by atoms with Gasteiger partial charge in [0.25, 0.3) is 12.1 Å². The van der Waals surface area contributed by atoms with E-state index < -0.39 is 17.9 Å². The monoisotopic (exact) mass is 303 g/mol. The van der Waals surface area contributed by atoms with Crippen molar-refractivity contribution in [3.63, 3.8) is 0 Å². The molecule has 0 aromatic carbocycles. The Morgan fingerprint density at radius 3 is 2.85 bits per heavy atom. The molecular weight excluding hydrogens is 296 g/mol. The van der Waals surface area contributed by atoms with Crippen molar-refractivity contribution < 1.29 is 13.7 Å². The highest BCUT2D eigenvalue weighted by Crippen LogP contribution is 2.26. The molecule has 0 radical (unpaired) electrons. The summed E-state index contributed by atoms with van der Waals surface area (Å²) < 4.78 is 25.4. The van der Waals surface area contributed by atoms with Gasteiger partial charge in [-0.2, -0.15) is 5.10 Å². The highest BCUT2D eigenvalue weighted by atomic mass is 35.5. The molecule has 7 nitrogen and oxygen atoms in total. The number of alkyl halides is 2. The lowest BCUT2D eigenvalue weighted by molar-refractivity contribution is -0.385. The normalized spacial score (nSPS) is 10.8. The van der Waals surface area contributed by atoms with Crippen LogP contribution in [-0.4, -0.2) is 26.1 Å². The molecular formula is C10H8ClF2N5O2. The number of nitrogens with zero attached hydrogens (tertiary/aromatic N) is 4. The fourth-order valence-electron chi connectivity index (χ4n) is 1.43. The van der Waals surface area contributed by atoms with E-state index >= 15 is 0 Å². The molecule has 0 aliphatic rings. The van der Waals surface area contributed by atoms with Gasteiger partial charge in [-0.05, 0) is 0 Å². The van der Waals surface area contributed by atoms with Crippen molar-refractivity contribution in [3.05, 3.63) is 39.8 Å². The van der Waals surface area contributed by atoms with Crippen molar-refractivity contribution in [2.24, 2.45) is 0 Å². The van der Waals surface area contributed by atoms with Gasteiger partial charge in [0.2, 0.25) is 0 Å². The van der Waals surface area contributed by atoms with Gasteiger partial charge in [0.15, 0.2) is 0 Å². The first-order valence-corrected chi connectivity index (χ1v) is 5.71. The second-order valence-electron chi connectivity index (χ2n) is 3.75. The van der Waals surface area contributed by atoms with Crippen LogP contribution in [0.2, 0.25) is 5.02 Å².